The van der Waals surface area contributed by atoms with Crippen molar-refractivity contribution >= 4 is 24.0 Å². The van der Waals surface area contributed by atoms with Gasteiger partial charge in [-0.15, -0.1) is 0 Å². The molecule has 10 rings (SSSR count). The van der Waals surface area contributed by atoms with E-state index in [4.69, 9.17) is 28.9 Å². The van der Waals surface area contributed by atoms with E-state index >= 15 is 0 Å². The summed E-state index contributed by atoms with van der Waals surface area (Å²) in [7, 11) is 2.67. The van der Waals surface area contributed by atoms with E-state index < -0.39 is 24.3 Å². The summed E-state index contributed by atoms with van der Waals surface area (Å²) in [6, 6.07) is 14.7. The number of alkyl carbamates (subject to hydrolysis) is 2. The third kappa shape index (κ3) is 10.1. The van der Waals surface area contributed by atoms with Crippen molar-refractivity contribution in [3.05, 3.63) is 72.6 Å². The van der Waals surface area contributed by atoms with Crippen LogP contribution in [0.1, 0.15) is 128 Å². The van der Waals surface area contributed by atoms with Gasteiger partial charge >= 0.3 is 12.2 Å². The number of carbonyl (C=O) groups is 4. The van der Waals surface area contributed by atoms with Crippen molar-refractivity contribution in [1.29, 1.82) is 0 Å². The second-order valence-corrected chi connectivity index (χ2v) is 21.2. The van der Waals surface area contributed by atoms with Gasteiger partial charge in [-0.25, -0.2) is 19.6 Å². The van der Waals surface area contributed by atoms with E-state index in [0.717, 1.165) is 109 Å². The molecular weight excluding hydrogens is 889 g/mol. The van der Waals surface area contributed by atoms with Crippen LogP contribution in [-0.2, 0) is 28.5 Å². The fourth-order valence-corrected chi connectivity index (χ4v) is 12.2. The van der Waals surface area contributed by atoms with Gasteiger partial charge in [-0.1, -0.05) is 48.5 Å². The van der Waals surface area contributed by atoms with Crippen LogP contribution in [0.15, 0.2) is 60.9 Å². The highest BCUT2D eigenvalue weighted by atomic mass is 16.5. The van der Waals surface area contributed by atoms with Gasteiger partial charge in [0, 0.05) is 12.1 Å². The van der Waals surface area contributed by atoms with Crippen molar-refractivity contribution in [2.45, 2.75) is 165 Å². The molecule has 2 aromatic carbocycles. The highest BCUT2D eigenvalue weighted by Crippen LogP contribution is 2.45. The summed E-state index contributed by atoms with van der Waals surface area (Å²) in [6.07, 6.45) is 13.3. The van der Waals surface area contributed by atoms with Gasteiger partial charge in [0.25, 0.3) is 0 Å². The number of aromatic amines is 2. The first-order valence-electron chi connectivity index (χ1n) is 25.8. The van der Waals surface area contributed by atoms with Gasteiger partial charge in [0.15, 0.2) is 0 Å². The van der Waals surface area contributed by atoms with Crippen molar-refractivity contribution < 1.29 is 38.1 Å². The SMILES string of the molecule is COC(=O)N[C@H](C(=O)N1[C@@H](C)CC[C@H]1c1ncc(-c2ccc(-c3ccc(-c4cnc([C@@H]5CC[C@H](C)N5C(=O)[C@@H](NC(=O)OC)[C@H]5C[C@H](C)O[C@@H](C6CC6)C5)[nH]4)cc3)cc2)[nH]1)[C@H]1C[C@H](C)O[C@@H](C2CC2)C1. The first kappa shape index (κ1) is 47.9. The number of methoxy groups -OCH3 is 2. The first-order valence-corrected chi connectivity index (χ1v) is 25.8. The van der Waals surface area contributed by atoms with Gasteiger partial charge in [-0.2, -0.15) is 0 Å². The highest BCUT2D eigenvalue weighted by molar-refractivity contribution is 5.88. The molecule has 4 amide bonds. The van der Waals surface area contributed by atoms with E-state index in [9.17, 15) is 19.2 Å². The number of hydrogen-bond acceptors (Lipinski definition) is 10. The Balaban J connectivity index is 0.802. The molecule has 0 bridgehead atoms. The molecule has 6 heterocycles. The second-order valence-electron chi connectivity index (χ2n) is 21.2. The minimum atomic E-state index is -0.719. The molecule has 6 fully saturated rings. The quantitative estimate of drug-likeness (QED) is 0.101. The van der Waals surface area contributed by atoms with Crippen LogP contribution in [-0.4, -0.2) is 117 Å². The maximum absolute atomic E-state index is 14.6. The molecule has 4 saturated heterocycles. The Kier molecular flexibility index (Phi) is 13.8. The van der Waals surface area contributed by atoms with E-state index in [2.05, 4.69) is 96.8 Å². The summed E-state index contributed by atoms with van der Waals surface area (Å²) in [6.45, 7) is 8.27. The largest absolute Gasteiger partial charge is 0.453 e. The Bertz CT molecular complexity index is 2330. The fraction of sp³-hybridized carbons (Fsp3) is 0.593. The molecule has 4 aliphatic heterocycles. The number of likely N-dealkylation sites (tertiary alicyclic amines) is 2. The Labute approximate surface area is 410 Å². The summed E-state index contributed by atoms with van der Waals surface area (Å²) in [5, 5.41) is 5.87. The van der Waals surface area contributed by atoms with Crippen LogP contribution in [0.4, 0.5) is 9.59 Å². The van der Waals surface area contributed by atoms with Crippen molar-refractivity contribution in [1.82, 2.24) is 40.4 Å². The second kappa shape index (κ2) is 20.2. The zero-order chi connectivity index (χ0) is 48.8. The third-order valence-corrected chi connectivity index (χ3v) is 16.2. The van der Waals surface area contributed by atoms with Crippen molar-refractivity contribution in [3.63, 3.8) is 0 Å². The molecule has 12 atom stereocenters. The number of nitrogens with zero attached hydrogens (tertiary/aromatic N) is 4. The molecule has 70 heavy (non-hydrogen) atoms. The molecule has 4 N–H and O–H groups in total. The summed E-state index contributed by atoms with van der Waals surface area (Å²) < 4.78 is 22.6. The lowest BCUT2D eigenvalue weighted by molar-refractivity contribution is -0.142. The molecule has 16 nitrogen and oxygen atoms in total. The molecule has 0 unspecified atom stereocenters. The van der Waals surface area contributed by atoms with Crippen LogP contribution in [0.25, 0.3) is 33.6 Å². The number of amides is 4. The van der Waals surface area contributed by atoms with Crippen LogP contribution in [0.3, 0.4) is 0 Å². The smallest absolute Gasteiger partial charge is 0.407 e. The molecule has 6 aliphatic rings. The van der Waals surface area contributed by atoms with Crippen LogP contribution in [0.2, 0.25) is 0 Å². The maximum atomic E-state index is 14.6. The molecule has 16 heteroatoms. The van der Waals surface area contributed by atoms with Gasteiger partial charge in [0.1, 0.15) is 23.7 Å². The molecule has 374 valence electrons. The van der Waals surface area contributed by atoms with Crippen LogP contribution >= 0.6 is 0 Å². The molecular formula is C54H70N8O8. The number of H-pyrrole nitrogens is 2. The number of rotatable bonds is 13. The predicted molar refractivity (Wildman–Crippen MR) is 262 cm³/mol. The fourth-order valence-electron chi connectivity index (χ4n) is 12.2. The standard InChI is InChI=1S/C54H70N8O8/c1-29-7-21-43(61(29)51(63)47(59-53(65)67-5)39-23-31(3)69-45(25-39)37-17-18-37)49-55-27-41(57-49)35-13-9-33(10-14-35)34-11-15-36(16-12-34)42-28-56-50(58-42)44-22-8-30(2)62(44)52(64)48(60-54(66)68-6)40-24-32(4)70-46(26-40)38-19-20-38/h9-16,27-32,37-40,43-48H,7-8,17-26H2,1-6H3,(H,55,57)(H,56,58)(H,59,65)(H,60,66)/t29-,30-,31-,32-,39-,40-,43-,44-,45+,46+,47-,48-/m0/s1. The van der Waals surface area contributed by atoms with Crippen molar-refractivity contribution in [2.24, 2.45) is 23.7 Å². The van der Waals surface area contributed by atoms with E-state index in [1.807, 2.05) is 22.2 Å². The molecule has 4 aromatic rings. The summed E-state index contributed by atoms with van der Waals surface area (Å²) in [5.74, 6) is 2.21. The number of ether oxygens (including phenoxy) is 4. The molecule has 2 aromatic heterocycles. The zero-order valence-electron chi connectivity index (χ0n) is 41.4. The van der Waals surface area contributed by atoms with Gasteiger partial charge in [-0.3, -0.25) is 9.59 Å². The molecule has 0 radical (unpaired) electrons. The van der Waals surface area contributed by atoms with Gasteiger partial charge in [0.2, 0.25) is 11.8 Å². The van der Waals surface area contributed by atoms with E-state index in [0.29, 0.717) is 24.7 Å². The average Bonchev–Trinajstić information content (AvgIpc) is 4.21. The lowest BCUT2D eigenvalue weighted by atomic mass is 9.83. The van der Waals surface area contributed by atoms with Crippen molar-refractivity contribution in [3.8, 4) is 33.6 Å². The maximum Gasteiger partial charge on any atom is 0.407 e. The van der Waals surface area contributed by atoms with Gasteiger partial charge in [-0.05, 0) is 151 Å². The average molecular weight is 959 g/mol. The van der Waals surface area contributed by atoms with E-state index in [1.165, 1.54) is 14.2 Å². The number of imidazole rings is 2. The van der Waals surface area contributed by atoms with Gasteiger partial charge in [0.05, 0.1) is 74.5 Å². The molecule has 0 spiro atoms. The number of nitrogens with one attached hydrogen (secondary N) is 4. The van der Waals surface area contributed by atoms with Gasteiger partial charge < -0.3 is 49.3 Å². The Morgan fingerprint density at radius 2 is 0.929 bits per heavy atom. The zero-order valence-corrected chi connectivity index (χ0v) is 41.4. The topological polar surface area (TPSA) is 193 Å². The van der Waals surface area contributed by atoms with E-state index in [-0.39, 0.29) is 72.2 Å². The van der Waals surface area contributed by atoms with Crippen LogP contribution < -0.4 is 10.6 Å². The first-order chi connectivity index (χ1) is 33.8. The Hall–Kier alpha value is -5.74. The minimum absolute atomic E-state index is 0.00459. The summed E-state index contributed by atoms with van der Waals surface area (Å²) >= 11 is 0. The Morgan fingerprint density at radius 3 is 1.29 bits per heavy atom. The minimum Gasteiger partial charge on any atom is -0.453 e. The third-order valence-electron chi connectivity index (χ3n) is 16.2. The molecule has 2 saturated carbocycles. The van der Waals surface area contributed by atoms with E-state index in [1.54, 1.807) is 0 Å². The monoisotopic (exact) mass is 959 g/mol. The lowest BCUT2D eigenvalue weighted by Crippen LogP contribution is -2.55. The predicted octanol–water partition coefficient (Wildman–Crippen LogP) is 8.87. The number of aromatic nitrogens is 4. The Morgan fingerprint density at radius 1 is 0.557 bits per heavy atom. The number of hydrogen-bond donors (Lipinski definition) is 4. The molecule has 2 aliphatic carbocycles. The number of carbonyl (C=O) groups excluding carboxylic acids is 4. The normalized spacial score (nSPS) is 29.9. The number of benzene rings is 2. The van der Waals surface area contributed by atoms with Crippen molar-refractivity contribution in [2.75, 3.05) is 14.2 Å². The van der Waals surface area contributed by atoms with Crippen LogP contribution in [0, 0.1) is 23.7 Å². The van der Waals surface area contributed by atoms with Crippen LogP contribution in [0.5, 0.6) is 0 Å². The summed E-state index contributed by atoms with van der Waals surface area (Å²) in [4.78, 5) is 75.2. The lowest BCUT2D eigenvalue weighted by Gasteiger charge is -2.40. The summed E-state index contributed by atoms with van der Waals surface area (Å²) in [5.41, 5.74) is 5.80. The highest BCUT2D eigenvalue weighted by Gasteiger charge is 2.49.